The van der Waals surface area contributed by atoms with Gasteiger partial charge in [0.2, 0.25) is 5.91 Å². The lowest BCUT2D eigenvalue weighted by Crippen LogP contribution is -2.47. The molecule has 1 unspecified atom stereocenters. The molecule has 0 aromatic carbocycles. The Kier molecular flexibility index (Phi) is 3.62. The molecule has 0 saturated carbocycles. The minimum Gasteiger partial charge on any atom is -0.342 e. The van der Waals surface area contributed by atoms with E-state index in [2.05, 4.69) is 17.1 Å². The van der Waals surface area contributed by atoms with E-state index in [1.165, 1.54) is 19.3 Å². The van der Waals surface area contributed by atoms with Crippen molar-refractivity contribution in [3.63, 3.8) is 0 Å². The van der Waals surface area contributed by atoms with Gasteiger partial charge in [-0.05, 0) is 37.8 Å². The molecule has 0 aromatic heterocycles. The van der Waals surface area contributed by atoms with Crippen LogP contribution >= 0.6 is 0 Å². The quantitative estimate of drug-likeness (QED) is 0.760. The van der Waals surface area contributed by atoms with E-state index in [0.717, 1.165) is 38.5 Å². The first-order valence-electron chi connectivity index (χ1n) is 6.28. The molecule has 2 aliphatic heterocycles. The molecule has 2 saturated heterocycles. The van der Waals surface area contributed by atoms with Gasteiger partial charge in [-0.2, -0.15) is 0 Å². The molecule has 0 bridgehead atoms. The Morgan fingerprint density at radius 2 is 2.20 bits per heavy atom. The second-order valence-electron chi connectivity index (χ2n) is 4.98. The third-order valence-electron chi connectivity index (χ3n) is 3.78. The molecule has 0 aromatic rings. The standard InChI is InChI=1S/C12H22N2O/c1-2-10-4-3-5-14(9-10)12(15)6-11-7-13-8-11/h10-11,13H,2-9H2,1H3. The topological polar surface area (TPSA) is 32.3 Å². The third kappa shape index (κ3) is 2.71. The van der Waals surface area contributed by atoms with Crippen molar-refractivity contribution in [2.75, 3.05) is 26.2 Å². The highest BCUT2D eigenvalue weighted by Crippen LogP contribution is 2.21. The zero-order valence-corrected chi connectivity index (χ0v) is 9.67. The Morgan fingerprint density at radius 1 is 1.40 bits per heavy atom. The second-order valence-corrected chi connectivity index (χ2v) is 4.98. The molecule has 1 N–H and O–H groups in total. The molecule has 1 atom stereocenters. The summed E-state index contributed by atoms with van der Waals surface area (Å²) in [6.07, 6.45) is 4.50. The van der Waals surface area contributed by atoms with Gasteiger partial charge in [0, 0.05) is 19.5 Å². The van der Waals surface area contributed by atoms with Crippen molar-refractivity contribution in [3.05, 3.63) is 0 Å². The van der Waals surface area contributed by atoms with Crippen LogP contribution in [0.4, 0.5) is 0 Å². The molecular weight excluding hydrogens is 188 g/mol. The average molecular weight is 210 g/mol. The van der Waals surface area contributed by atoms with Gasteiger partial charge >= 0.3 is 0 Å². The van der Waals surface area contributed by atoms with Crippen LogP contribution in [0.2, 0.25) is 0 Å². The normalized spacial score (nSPS) is 27.5. The van der Waals surface area contributed by atoms with Crippen LogP contribution in [-0.4, -0.2) is 37.0 Å². The fraction of sp³-hybridized carbons (Fsp3) is 0.917. The van der Waals surface area contributed by atoms with E-state index >= 15 is 0 Å². The van der Waals surface area contributed by atoms with Crippen molar-refractivity contribution >= 4 is 5.91 Å². The molecule has 0 aliphatic carbocycles. The lowest BCUT2D eigenvalue weighted by atomic mass is 9.93. The number of nitrogens with one attached hydrogen (secondary N) is 1. The summed E-state index contributed by atoms with van der Waals surface area (Å²) in [7, 11) is 0. The highest BCUT2D eigenvalue weighted by molar-refractivity contribution is 5.76. The predicted octanol–water partition coefficient (Wildman–Crippen LogP) is 1.24. The maximum atomic E-state index is 12.0. The molecule has 3 heteroatoms. The van der Waals surface area contributed by atoms with E-state index in [0.29, 0.717) is 11.8 Å². The number of nitrogens with zero attached hydrogens (tertiary/aromatic N) is 1. The van der Waals surface area contributed by atoms with Crippen LogP contribution in [-0.2, 0) is 4.79 Å². The summed E-state index contributed by atoms with van der Waals surface area (Å²) in [4.78, 5) is 14.1. The second kappa shape index (κ2) is 4.97. The number of rotatable bonds is 3. The number of carbonyl (C=O) groups excluding carboxylic acids is 1. The summed E-state index contributed by atoms with van der Waals surface area (Å²) in [6, 6.07) is 0. The van der Waals surface area contributed by atoms with E-state index in [1.54, 1.807) is 0 Å². The minimum absolute atomic E-state index is 0.389. The van der Waals surface area contributed by atoms with E-state index in [4.69, 9.17) is 0 Å². The molecule has 2 aliphatic rings. The molecule has 1 amide bonds. The molecule has 3 nitrogen and oxygen atoms in total. The van der Waals surface area contributed by atoms with Crippen molar-refractivity contribution < 1.29 is 4.79 Å². The maximum absolute atomic E-state index is 12.0. The summed E-state index contributed by atoms with van der Waals surface area (Å²) < 4.78 is 0. The lowest BCUT2D eigenvalue weighted by Gasteiger charge is -2.35. The number of piperidine rings is 1. The van der Waals surface area contributed by atoms with Crippen molar-refractivity contribution in [1.82, 2.24) is 10.2 Å². The van der Waals surface area contributed by atoms with Crippen LogP contribution < -0.4 is 5.32 Å². The summed E-state index contributed by atoms with van der Waals surface area (Å²) in [5, 5.41) is 3.22. The zero-order chi connectivity index (χ0) is 10.7. The molecule has 2 rings (SSSR count). The van der Waals surface area contributed by atoms with Gasteiger partial charge in [0.15, 0.2) is 0 Å². The fourth-order valence-electron chi connectivity index (χ4n) is 2.49. The molecule has 2 heterocycles. The average Bonchev–Trinajstić information content (AvgIpc) is 2.23. The van der Waals surface area contributed by atoms with E-state index in [1.807, 2.05) is 0 Å². The van der Waals surface area contributed by atoms with E-state index < -0.39 is 0 Å². The predicted molar refractivity (Wildman–Crippen MR) is 60.6 cm³/mol. The SMILES string of the molecule is CCC1CCCN(C(=O)CC2CNC2)C1. The Balaban J connectivity index is 1.78. The zero-order valence-electron chi connectivity index (χ0n) is 9.67. The van der Waals surface area contributed by atoms with Crippen molar-refractivity contribution in [1.29, 1.82) is 0 Å². The van der Waals surface area contributed by atoms with Gasteiger partial charge in [-0.1, -0.05) is 13.3 Å². The van der Waals surface area contributed by atoms with Gasteiger partial charge in [0.25, 0.3) is 0 Å². The monoisotopic (exact) mass is 210 g/mol. The first-order chi connectivity index (χ1) is 7.29. The Labute approximate surface area is 92.2 Å². The molecule has 0 radical (unpaired) electrons. The molecule has 15 heavy (non-hydrogen) atoms. The number of hydrogen-bond acceptors (Lipinski definition) is 2. The Morgan fingerprint density at radius 3 is 2.80 bits per heavy atom. The van der Waals surface area contributed by atoms with Crippen molar-refractivity contribution in [2.45, 2.75) is 32.6 Å². The van der Waals surface area contributed by atoms with Gasteiger partial charge in [-0.3, -0.25) is 4.79 Å². The van der Waals surface area contributed by atoms with E-state index in [9.17, 15) is 4.79 Å². The Bertz CT molecular complexity index is 226. The summed E-state index contributed by atoms with van der Waals surface area (Å²) >= 11 is 0. The molecule has 0 spiro atoms. The van der Waals surface area contributed by atoms with Crippen LogP contribution in [0.3, 0.4) is 0 Å². The van der Waals surface area contributed by atoms with Crippen LogP contribution in [0.15, 0.2) is 0 Å². The fourth-order valence-corrected chi connectivity index (χ4v) is 2.49. The number of amides is 1. The van der Waals surface area contributed by atoms with Crippen molar-refractivity contribution in [2.24, 2.45) is 11.8 Å². The minimum atomic E-state index is 0.389. The lowest BCUT2D eigenvalue weighted by molar-refractivity contribution is -0.134. The number of carbonyl (C=O) groups is 1. The van der Waals surface area contributed by atoms with Crippen LogP contribution in [0.1, 0.15) is 32.6 Å². The highest BCUT2D eigenvalue weighted by Gasteiger charge is 2.26. The highest BCUT2D eigenvalue weighted by atomic mass is 16.2. The summed E-state index contributed by atoms with van der Waals surface area (Å²) in [5.41, 5.74) is 0. The third-order valence-corrected chi connectivity index (χ3v) is 3.78. The first kappa shape index (κ1) is 10.9. The van der Waals surface area contributed by atoms with Crippen LogP contribution in [0.25, 0.3) is 0 Å². The maximum Gasteiger partial charge on any atom is 0.222 e. The van der Waals surface area contributed by atoms with Crippen LogP contribution in [0.5, 0.6) is 0 Å². The number of likely N-dealkylation sites (tertiary alicyclic amines) is 1. The van der Waals surface area contributed by atoms with Crippen LogP contribution in [0, 0.1) is 11.8 Å². The van der Waals surface area contributed by atoms with Gasteiger partial charge in [0.05, 0.1) is 0 Å². The first-order valence-corrected chi connectivity index (χ1v) is 6.28. The van der Waals surface area contributed by atoms with E-state index in [-0.39, 0.29) is 0 Å². The largest absolute Gasteiger partial charge is 0.342 e. The molecule has 2 fully saturated rings. The smallest absolute Gasteiger partial charge is 0.222 e. The summed E-state index contributed by atoms with van der Waals surface area (Å²) in [6.45, 7) is 6.31. The van der Waals surface area contributed by atoms with Gasteiger partial charge in [-0.25, -0.2) is 0 Å². The molecule has 86 valence electrons. The van der Waals surface area contributed by atoms with Gasteiger partial charge in [-0.15, -0.1) is 0 Å². The Hall–Kier alpha value is -0.570. The van der Waals surface area contributed by atoms with Crippen molar-refractivity contribution in [3.8, 4) is 0 Å². The van der Waals surface area contributed by atoms with Gasteiger partial charge in [0.1, 0.15) is 0 Å². The van der Waals surface area contributed by atoms with Gasteiger partial charge < -0.3 is 10.2 Å². The summed E-state index contributed by atoms with van der Waals surface area (Å²) in [5.74, 6) is 1.75. The number of hydrogen-bond donors (Lipinski definition) is 1. The molecular formula is C12H22N2O.